The number of benzene rings is 1. The summed E-state index contributed by atoms with van der Waals surface area (Å²) in [4.78, 5) is 35.7. The van der Waals surface area contributed by atoms with E-state index in [1.165, 1.54) is 11.5 Å². The van der Waals surface area contributed by atoms with Crippen LogP contribution >= 0.6 is 11.5 Å². The topological polar surface area (TPSA) is 127 Å². The van der Waals surface area contributed by atoms with Gasteiger partial charge in [0.05, 0.1) is 23.7 Å². The number of hydrogen-bond donors (Lipinski definition) is 3. The first kappa shape index (κ1) is 22.6. The molecule has 0 aliphatic carbocycles. The van der Waals surface area contributed by atoms with Gasteiger partial charge in [-0.15, -0.1) is 0 Å². The third-order valence-electron chi connectivity index (χ3n) is 5.61. The lowest BCUT2D eigenvalue weighted by Gasteiger charge is -2.15. The summed E-state index contributed by atoms with van der Waals surface area (Å²) in [7, 11) is 0. The number of amides is 2. The Labute approximate surface area is 195 Å². The minimum absolute atomic E-state index is 0.0185. The Bertz CT molecular complexity index is 1220. The molecule has 1 unspecified atom stereocenters. The Morgan fingerprint density at radius 1 is 1.09 bits per heavy atom. The minimum Gasteiger partial charge on any atom is -0.370 e. The van der Waals surface area contributed by atoms with Crippen molar-refractivity contribution in [1.29, 1.82) is 0 Å². The van der Waals surface area contributed by atoms with Gasteiger partial charge < -0.3 is 16.0 Å². The summed E-state index contributed by atoms with van der Waals surface area (Å²) in [5.74, 6) is 0.431. The number of fused-ring (bicyclic) bond motifs is 1. The minimum atomic E-state index is -0.274. The number of aromatic nitrogens is 4. The van der Waals surface area contributed by atoms with E-state index < -0.39 is 0 Å². The Morgan fingerprint density at radius 2 is 2.00 bits per heavy atom. The second kappa shape index (κ2) is 10.8. The third kappa shape index (κ3) is 6.01. The highest BCUT2D eigenvalue weighted by Crippen LogP contribution is 2.26. The largest absolute Gasteiger partial charge is 0.370 e. The summed E-state index contributed by atoms with van der Waals surface area (Å²) >= 11 is 1.25. The number of carbonyl (C=O) groups is 2. The molecule has 170 valence electrons. The standard InChI is InChI=1S/C24H26N6O2S/c25-22(31)5-3-1-2-4-18(12-28-24(32)20-13-29-33-15-20)23-27-14-21(30-23)17-7-6-16-8-9-26-11-19(16)10-17/h6-11,13-15,18H,1-5,12H2,(H2,25,31)(H,27,30)(H,28,32). The van der Waals surface area contributed by atoms with Gasteiger partial charge in [0.2, 0.25) is 5.91 Å². The van der Waals surface area contributed by atoms with Crippen LogP contribution in [0.1, 0.15) is 54.2 Å². The van der Waals surface area contributed by atoms with Gasteiger partial charge in [0.25, 0.3) is 5.91 Å². The van der Waals surface area contributed by atoms with Gasteiger partial charge in [-0.1, -0.05) is 25.0 Å². The third-order valence-corrected chi connectivity index (χ3v) is 6.20. The second-order valence-electron chi connectivity index (χ2n) is 8.01. The number of unbranched alkanes of at least 4 members (excludes halogenated alkanes) is 2. The Kier molecular flexibility index (Phi) is 7.41. The summed E-state index contributed by atoms with van der Waals surface area (Å²) in [6.07, 6.45) is 10.8. The van der Waals surface area contributed by atoms with Crippen LogP contribution in [0.5, 0.6) is 0 Å². The van der Waals surface area contributed by atoms with Crippen molar-refractivity contribution < 1.29 is 9.59 Å². The summed E-state index contributed by atoms with van der Waals surface area (Å²) in [6.45, 7) is 0.457. The predicted octanol–water partition coefficient (Wildman–Crippen LogP) is 4.03. The molecule has 4 rings (SSSR count). The maximum absolute atomic E-state index is 12.4. The summed E-state index contributed by atoms with van der Waals surface area (Å²) < 4.78 is 3.99. The molecule has 0 saturated heterocycles. The molecule has 1 aromatic carbocycles. The quantitative estimate of drug-likeness (QED) is 0.290. The number of nitrogens with two attached hydrogens (primary N) is 1. The molecule has 0 aliphatic rings. The van der Waals surface area contributed by atoms with E-state index in [0.717, 1.165) is 53.5 Å². The van der Waals surface area contributed by atoms with Crippen molar-refractivity contribution >= 4 is 34.1 Å². The van der Waals surface area contributed by atoms with Crippen LogP contribution in [-0.2, 0) is 4.79 Å². The van der Waals surface area contributed by atoms with Crippen molar-refractivity contribution in [3.8, 4) is 11.3 Å². The maximum Gasteiger partial charge on any atom is 0.253 e. The fourth-order valence-electron chi connectivity index (χ4n) is 3.78. The maximum atomic E-state index is 12.4. The van der Waals surface area contributed by atoms with Crippen LogP contribution in [0.15, 0.2) is 54.4 Å². The summed E-state index contributed by atoms with van der Waals surface area (Å²) in [6, 6.07) is 8.20. The van der Waals surface area contributed by atoms with Gasteiger partial charge in [0.1, 0.15) is 5.82 Å². The molecule has 0 fully saturated rings. The molecule has 3 heterocycles. The molecule has 8 nitrogen and oxygen atoms in total. The number of pyridine rings is 1. The average molecular weight is 463 g/mol. The van der Waals surface area contributed by atoms with Crippen molar-refractivity contribution in [2.75, 3.05) is 6.54 Å². The number of aromatic amines is 1. The molecule has 4 aromatic rings. The summed E-state index contributed by atoms with van der Waals surface area (Å²) in [5, 5.41) is 6.93. The lowest BCUT2D eigenvalue weighted by Crippen LogP contribution is -2.28. The molecule has 1 atom stereocenters. The number of nitrogens with one attached hydrogen (secondary N) is 2. The number of nitrogens with zero attached hydrogens (tertiary/aromatic N) is 3. The first-order valence-corrected chi connectivity index (χ1v) is 11.8. The SMILES string of the molecule is NC(=O)CCCCCC(CNC(=O)c1cnsc1)c1ncc(-c2ccc3ccncc3c2)[nH]1. The van der Waals surface area contributed by atoms with Crippen molar-refractivity contribution in [3.05, 3.63) is 65.8 Å². The molecule has 0 saturated carbocycles. The van der Waals surface area contributed by atoms with Crippen LogP contribution < -0.4 is 11.1 Å². The van der Waals surface area contributed by atoms with E-state index >= 15 is 0 Å². The normalized spacial score (nSPS) is 12.0. The fourth-order valence-corrected chi connectivity index (χ4v) is 4.30. The van der Waals surface area contributed by atoms with Gasteiger partial charge >= 0.3 is 0 Å². The summed E-state index contributed by atoms with van der Waals surface area (Å²) in [5.41, 5.74) is 7.75. The van der Waals surface area contributed by atoms with E-state index in [-0.39, 0.29) is 17.7 Å². The highest BCUT2D eigenvalue weighted by Gasteiger charge is 2.18. The number of imidazole rings is 1. The predicted molar refractivity (Wildman–Crippen MR) is 129 cm³/mol. The molecule has 2 amide bonds. The molecule has 0 bridgehead atoms. The van der Waals surface area contributed by atoms with E-state index in [0.29, 0.717) is 18.5 Å². The average Bonchev–Trinajstić information content (AvgIpc) is 3.53. The van der Waals surface area contributed by atoms with Gasteiger partial charge in [-0.05, 0) is 41.9 Å². The number of H-pyrrole nitrogens is 1. The van der Waals surface area contributed by atoms with E-state index in [2.05, 4.69) is 42.8 Å². The zero-order valence-corrected chi connectivity index (χ0v) is 19.0. The Balaban J connectivity index is 1.46. The molecule has 0 aliphatic heterocycles. The first-order chi connectivity index (χ1) is 16.1. The van der Waals surface area contributed by atoms with Crippen LogP contribution in [0, 0.1) is 0 Å². The monoisotopic (exact) mass is 462 g/mol. The van der Waals surface area contributed by atoms with Crippen molar-refractivity contribution in [1.82, 2.24) is 24.6 Å². The van der Waals surface area contributed by atoms with Crippen molar-refractivity contribution in [2.45, 2.75) is 38.0 Å². The smallest absolute Gasteiger partial charge is 0.253 e. The molecule has 3 aromatic heterocycles. The molecule has 33 heavy (non-hydrogen) atoms. The molecular weight excluding hydrogens is 436 g/mol. The van der Waals surface area contributed by atoms with Gasteiger partial charge in [0, 0.05) is 47.6 Å². The first-order valence-electron chi connectivity index (χ1n) is 10.9. The van der Waals surface area contributed by atoms with Crippen LogP contribution in [0.3, 0.4) is 0 Å². The van der Waals surface area contributed by atoms with Crippen LogP contribution in [0.4, 0.5) is 0 Å². The highest BCUT2D eigenvalue weighted by atomic mass is 32.1. The highest BCUT2D eigenvalue weighted by molar-refractivity contribution is 7.03. The van der Waals surface area contributed by atoms with Gasteiger partial charge in [0.15, 0.2) is 0 Å². The van der Waals surface area contributed by atoms with E-state index in [4.69, 9.17) is 5.73 Å². The molecule has 4 N–H and O–H groups in total. The van der Waals surface area contributed by atoms with Gasteiger partial charge in [-0.3, -0.25) is 14.6 Å². The van der Waals surface area contributed by atoms with Crippen LogP contribution in [-0.4, -0.2) is 37.7 Å². The molecule has 0 radical (unpaired) electrons. The van der Waals surface area contributed by atoms with E-state index in [9.17, 15) is 9.59 Å². The zero-order valence-electron chi connectivity index (χ0n) is 18.2. The van der Waals surface area contributed by atoms with Crippen molar-refractivity contribution in [2.24, 2.45) is 5.73 Å². The second-order valence-corrected chi connectivity index (χ2v) is 8.66. The van der Waals surface area contributed by atoms with Gasteiger partial charge in [-0.2, -0.15) is 0 Å². The number of primary amides is 1. The van der Waals surface area contributed by atoms with Crippen LogP contribution in [0.25, 0.3) is 22.0 Å². The Hall–Kier alpha value is -3.59. The Morgan fingerprint density at radius 3 is 2.82 bits per heavy atom. The molecular formula is C24H26N6O2S. The van der Waals surface area contributed by atoms with E-state index in [1.807, 2.05) is 18.5 Å². The van der Waals surface area contributed by atoms with E-state index in [1.54, 1.807) is 17.8 Å². The number of hydrogen-bond acceptors (Lipinski definition) is 6. The van der Waals surface area contributed by atoms with Gasteiger partial charge in [-0.25, -0.2) is 9.36 Å². The lowest BCUT2D eigenvalue weighted by atomic mass is 9.99. The fraction of sp³-hybridized carbons (Fsp3) is 0.292. The molecule has 9 heteroatoms. The number of rotatable bonds is 11. The van der Waals surface area contributed by atoms with Crippen LogP contribution in [0.2, 0.25) is 0 Å². The van der Waals surface area contributed by atoms with Crippen molar-refractivity contribution in [3.63, 3.8) is 0 Å². The lowest BCUT2D eigenvalue weighted by molar-refractivity contribution is -0.118. The molecule has 0 spiro atoms. The zero-order chi connectivity index (χ0) is 23.0. The number of carbonyl (C=O) groups excluding carboxylic acids is 2.